The van der Waals surface area contributed by atoms with Gasteiger partial charge in [-0.15, -0.1) is 0 Å². The second-order valence-corrected chi connectivity index (χ2v) is 20.2. The molecule has 0 rings (SSSR count). The maximum Gasteiger partial charge on any atom is 0.308 e. The lowest BCUT2D eigenvalue weighted by molar-refractivity contribution is -0.144. The molecule has 0 radical (unpaired) electrons. The van der Waals surface area contributed by atoms with E-state index in [1.807, 2.05) is 0 Å². The zero-order valence-corrected chi connectivity index (χ0v) is 21.2. The van der Waals surface area contributed by atoms with Gasteiger partial charge in [0, 0.05) is 6.61 Å². The summed E-state index contributed by atoms with van der Waals surface area (Å²) in [5.41, 5.74) is 0. The summed E-state index contributed by atoms with van der Waals surface area (Å²) in [7, 11) is -3.69. The van der Waals surface area contributed by atoms with Crippen molar-refractivity contribution in [3.8, 4) is 0 Å². The lowest BCUT2D eigenvalue weighted by atomic mass is 10.00. The molecule has 0 bridgehead atoms. The van der Waals surface area contributed by atoms with Crippen molar-refractivity contribution in [1.29, 1.82) is 0 Å². The first-order chi connectivity index (χ1) is 11.4. The molecule has 0 aromatic carbocycles. The molecule has 6 heteroatoms. The van der Waals surface area contributed by atoms with Crippen LogP contribution in [0, 0.1) is 5.92 Å². The Hall–Kier alpha value is -0.176. The normalized spacial score (nSPS) is 16.4. The van der Waals surface area contributed by atoms with Gasteiger partial charge in [-0.25, -0.2) is 0 Å². The van der Waals surface area contributed by atoms with Crippen LogP contribution in [0.4, 0.5) is 0 Å². The first kappa shape index (κ1) is 25.8. The molecular formula is C20H44O4Si2. The number of carboxylic acids is 1. The Bertz CT molecular complexity index is 448. The Kier molecular flexibility index (Phi) is 9.28. The number of unbranched alkanes of at least 4 members (excludes halogenated alkanes) is 1. The highest BCUT2D eigenvalue weighted by Crippen LogP contribution is 2.39. The third-order valence-electron chi connectivity index (χ3n) is 6.35. The molecule has 4 nitrogen and oxygen atoms in total. The second kappa shape index (κ2) is 9.35. The molecule has 0 unspecified atom stereocenters. The summed E-state index contributed by atoms with van der Waals surface area (Å²) < 4.78 is 12.7. The van der Waals surface area contributed by atoms with Crippen molar-refractivity contribution in [3.63, 3.8) is 0 Å². The van der Waals surface area contributed by atoms with Gasteiger partial charge in [0.1, 0.15) is 0 Å². The number of aliphatic carboxylic acids is 1. The maximum absolute atomic E-state index is 11.5. The van der Waals surface area contributed by atoms with Crippen LogP contribution in [-0.2, 0) is 13.6 Å². The molecule has 0 saturated carbocycles. The largest absolute Gasteiger partial charge is 0.481 e. The Balaban J connectivity index is 4.72. The quantitative estimate of drug-likeness (QED) is 0.343. The van der Waals surface area contributed by atoms with E-state index >= 15 is 0 Å². The third-order valence-corrected chi connectivity index (χ3v) is 15.4. The van der Waals surface area contributed by atoms with Crippen LogP contribution in [-0.4, -0.2) is 40.4 Å². The fourth-order valence-corrected chi connectivity index (χ4v) is 4.64. The fraction of sp³-hybridized carbons (Fsp3) is 0.950. The Morgan fingerprint density at radius 2 is 1.38 bits per heavy atom. The summed E-state index contributed by atoms with van der Waals surface area (Å²) in [4.78, 5) is 11.5. The third kappa shape index (κ3) is 7.83. The molecule has 0 heterocycles. The second-order valence-electron chi connectivity index (χ2n) is 10.6. The Labute approximate surface area is 164 Å². The average molecular weight is 405 g/mol. The number of carboxylic acid groups (broad SMARTS) is 1. The van der Waals surface area contributed by atoms with Crippen molar-refractivity contribution in [1.82, 2.24) is 0 Å². The van der Waals surface area contributed by atoms with E-state index in [1.54, 1.807) is 6.92 Å². The van der Waals surface area contributed by atoms with Crippen molar-refractivity contribution in [3.05, 3.63) is 0 Å². The molecular weight excluding hydrogens is 360 g/mol. The molecule has 0 spiro atoms. The van der Waals surface area contributed by atoms with E-state index in [4.69, 9.17) is 8.85 Å². The van der Waals surface area contributed by atoms with Gasteiger partial charge < -0.3 is 14.0 Å². The van der Waals surface area contributed by atoms with Crippen LogP contribution in [0.15, 0.2) is 0 Å². The van der Waals surface area contributed by atoms with Gasteiger partial charge in [-0.2, -0.15) is 0 Å². The molecule has 0 saturated heterocycles. The minimum atomic E-state index is -1.99. The summed E-state index contributed by atoms with van der Waals surface area (Å²) in [5.74, 6) is -1.25. The fourth-order valence-electron chi connectivity index (χ4n) is 2.12. The smallest absolute Gasteiger partial charge is 0.308 e. The molecule has 0 fully saturated rings. The van der Waals surface area contributed by atoms with Crippen LogP contribution in [0.1, 0.15) is 67.7 Å². The number of hydrogen-bond acceptors (Lipinski definition) is 3. The minimum Gasteiger partial charge on any atom is -0.481 e. The first-order valence-corrected chi connectivity index (χ1v) is 15.8. The van der Waals surface area contributed by atoms with Gasteiger partial charge >= 0.3 is 5.97 Å². The van der Waals surface area contributed by atoms with Gasteiger partial charge in [-0.05, 0) is 62.5 Å². The molecule has 156 valence electrons. The summed E-state index contributed by atoms with van der Waals surface area (Å²) in [5, 5.41) is 9.77. The first-order valence-electron chi connectivity index (χ1n) is 9.97. The van der Waals surface area contributed by atoms with E-state index in [2.05, 4.69) is 67.7 Å². The Morgan fingerprint density at radius 1 is 0.923 bits per heavy atom. The summed E-state index contributed by atoms with van der Waals surface area (Å²) in [6.45, 7) is 24.7. The molecule has 0 aromatic rings. The lowest BCUT2D eigenvalue weighted by Crippen LogP contribution is -2.46. The van der Waals surface area contributed by atoms with Gasteiger partial charge in [0.05, 0.1) is 12.0 Å². The van der Waals surface area contributed by atoms with Crippen molar-refractivity contribution in [2.45, 2.75) is 110 Å². The van der Waals surface area contributed by atoms with E-state index in [1.165, 1.54) is 0 Å². The van der Waals surface area contributed by atoms with Crippen LogP contribution >= 0.6 is 0 Å². The summed E-state index contributed by atoms with van der Waals surface area (Å²) in [6.07, 6.45) is 2.45. The standard InChI is InChI=1S/C20H44O4Si2/c1-16(18(21)22)17(24-26(10,11)20(5,6)7)14-12-13-15-23-25(8,9)19(2,3)4/h16-17H,12-15H2,1-11H3,(H,21,22)/t16-,17+/m0/s1. The number of rotatable bonds is 10. The molecule has 2 atom stereocenters. The van der Waals surface area contributed by atoms with Crippen molar-refractivity contribution in [2.75, 3.05) is 6.61 Å². The van der Waals surface area contributed by atoms with Gasteiger partial charge in [0.2, 0.25) is 0 Å². The summed E-state index contributed by atoms with van der Waals surface area (Å²) >= 11 is 0. The molecule has 1 N–H and O–H groups in total. The van der Waals surface area contributed by atoms with Crippen molar-refractivity contribution < 1.29 is 18.8 Å². The van der Waals surface area contributed by atoms with Crippen molar-refractivity contribution >= 4 is 22.6 Å². The van der Waals surface area contributed by atoms with E-state index < -0.39 is 28.5 Å². The van der Waals surface area contributed by atoms with E-state index in [-0.39, 0.29) is 16.2 Å². The molecule has 0 aliphatic heterocycles. The topological polar surface area (TPSA) is 55.8 Å². The lowest BCUT2D eigenvalue weighted by Gasteiger charge is -2.40. The van der Waals surface area contributed by atoms with Gasteiger partial charge in [-0.3, -0.25) is 4.79 Å². The average Bonchev–Trinajstić information content (AvgIpc) is 2.41. The Morgan fingerprint density at radius 3 is 1.77 bits per heavy atom. The van der Waals surface area contributed by atoms with Crippen molar-refractivity contribution in [2.24, 2.45) is 5.92 Å². The monoisotopic (exact) mass is 404 g/mol. The van der Waals surface area contributed by atoms with Gasteiger partial charge in [-0.1, -0.05) is 41.5 Å². The van der Waals surface area contributed by atoms with Gasteiger partial charge in [0.25, 0.3) is 0 Å². The molecule has 0 aliphatic rings. The maximum atomic E-state index is 11.5. The van der Waals surface area contributed by atoms with Crippen LogP contribution in [0.3, 0.4) is 0 Å². The summed E-state index contributed by atoms with van der Waals surface area (Å²) in [6, 6.07) is 0. The van der Waals surface area contributed by atoms with Crippen LogP contribution in [0.2, 0.25) is 36.3 Å². The zero-order chi connectivity index (χ0) is 21.0. The van der Waals surface area contributed by atoms with Crippen LogP contribution < -0.4 is 0 Å². The van der Waals surface area contributed by atoms with E-state index in [9.17, 15) is 9.90 Å². The highest BCUT2D eigenvalue weighted by molar-refractivity contribution is 6.74. The molecule has 0 aromatic heterocycles. The molecule has 0 aliphatic carbocycles. The van der Waals surface area contributed by atoms with Crippen LogP contribution in [0.25, 0.3) is 0 Å². The van der Waals surface area contributed by atoms with Crippen LogP contribution in [0.5, 0.6) is 0 Å². The van der Waals surface area contributed by atoms with Gasteiger partial charge in [0.15, 0.2) is 16.6 Å². The number of hydrogen-bond donors (Lipinski definition) is 1. The number of carbonyl (C=O) groups is 1. The highest BCUT2D eigenvalue weighted by Gasteiger charge is 2.41. The zero-order valence-electron chi connectivity index (χ0n) is 19.2. The predicted molar refractivity (Wildman–Crippen MR) is 116 cm³/mol. The highest BCUT2D eigenvalue weighted by atomic mass is 28.4. The minimum absolute atomic E-state index is 0.0783. The predicted octanol–water partition coefficient (Wildman–Crippen LogP) is 6.29. The SMILES string of the molecule is C[C@H](C(=O)O)[C@@H](CCCCO[Si](C)(C)C(C)(C)C)O[Si](C)(C)C(C)(C)C. The van der Waals surface area contributed by atoms with E-state index in [0.717, 1.165) is 25.9 Å². The molecule has 0 amide bonds. The molecule has 26 heavy (non-hydrogen) atoms. The van der Waals surface area contributed by atoms with E-state index in [0.29, 0.717) is 0 Å².